The van der Waals surface area contributed by atoms with E-state index in [0.29, 0.717) is 12.2 Å². The Labute approximate surface area is 111 Å². The third-order valence-electron chi connectivity index (χ3n) is 2.78. The molecular formula is C14H15N3O2. The van der Waals surface area contributed by atoms with Gasteiger partial charge in [-0.25, -0.2) is 0 Å². The van der Waals surface area contributed by atoms with Crippen LogP contribution in [0.2, 0.25) is 0 Å². The second-order valence-electron chi connectivity index (χ2n) is 4.30. The van der Waals surface area contributed by atoms with Crippen molar-refractivity contribution in [2.45, 2.75) is 6.54 Å². The van der Waals surface area contributed by atoms with Crippen LogP contribution in [0.5, 0.6) is 5.75 Å². The lowest BCUT2D eigenvalue weighted by Gasteiger charge is -2.17. The molecule has 0 bridgehead atoms. The van der Waals surface area contributed by atoms with Crippen molar-refractivity contribution in [1.82, 2.24) is 9.88 Å². The van der Waals surface area contributed by atoms with Gasteiger partial charge in [-0.05, 0) is 23.8 Å². The van der Waals surface area contributed by atoms with Gasteiger partial charge in [0.25, 0.3) is 5.91 Å². The van der Waals surface area contributed by atoms with E-state index < -0.39 is 0 Å². The average molecular weight is 257 g/mol. The molecule has 0 unspecified atom stereocenters. The van der Waals surface area contributed by atoms with E-state index in [1.165, 1.54) is 23.4 Å². The molecule has 0 aliphatic carbocycles. The summed E-state index contributed by atoms with van der Waals surface area (Å²) >= 11 is 0. The third kappa shape index (κ3) is 3.01. The van der Waals surface area contributed by atoms with Gasteiger partial charge < -0.3 is 15.7 Å². The van der Waals surface area contributed by atoms with Crippen molar-refractivity contribution in [3.05, 3.63) is 53.9 Å². The van der Waals surface area contributed by atoms with Gasteiger partial charge in [0.15, 0.2) is 0 Å². The predicted molar refractivity (Wildman–Crippen MR) is 72.6 cm³/mol. The molecule has 0 radical (unpaired) electrons. The molecule has 0 aliphatic rings. The molecule has 2 aromatic rings. The predicted octanol–water partition coefficient (Wildman–Crippen LogP) is 1.64. The van der Waals surface area contributed by atoms with Gasteiger partial charge in [-0.2, -0.15) is 0 Å². The van der Waals surface area contributed by atoms with Crippen LogP contribution >= 0.6 is 0 Å². The summed E-state index contributed by atoms with van der Waals surface area (Å²) < 4.78 is 0. The number of hydrogen-bond donors (Lipinski definition) is 2. The summed E-state index contributed by atoms with van der Waals surface area (Å²) in [6, 6.07) is 8.81. The van der Waals surface area contributed by atoms with E-state index in [4.69, 9.17) is 5.73 Å². The number of rotatable bonds is 3. The summed E-state index contributed by atoms with van der Waals surface area (Å²) in [6.07, 6.45) is 2.73. The Hall–Kier alpha value is -2.56. The number of nitrogens with two attached hydrogens (primary N) is 1. The highest BCUT2D eigenvalue weighted by Gasteiger charge is 2.15. The lowest BCUT2D eigenvalue weighted by molar-refractivity contribution is 0.0782. The van der Waals surface area contributed by atoms with Gasteiger partial charge in [0, 0.05) is 25.5 Å². The van der Waals surface area contributed by atoms with Crippen molar-refractivity contribution < 1.29 is 9.90 Å². The van der Waals surface area contributed by atoms with Gasteiger partial charge in [-0.15, -0.1) is 0 Å². The van der Waals surface area contributed by atoms with Crippen LogP contribution in [0.15, 0.2) is 42.7 Å². The fraction of sp³-hybridized carbons (Fsp3) is 0.143. The zero-order chi connectivity index (χ0) is 13.8. The number of amides is 1. The number of aromatic nitrogens is 1. The molecule has 0 fully saturated rings. The lowest BCUT2D eigenvalue weighted by Crippen LogP contribution is -2.26. The lowest BCUT2D eigenvalue weighted by atomic mass is 10.1. The Kier molecular flexibility index (Phi) is 3.66. The van der Waals surface area contributed by atoms with Gasteiger partial charge in [-0.3, -0.25) is 9.78 Å². The molecule has 19 heavy (non-hydrogen) atoms. The number of carbonyl (C=O) groups is 1. The Balaban J connectivity index is 2.12. The minimum Gasteiger partial charge on any atom is -0.505 e. The van der Waals surface area contributed by atoms with Crippen LogP contribution in [0.4, 0.5) is 5.69 Å². The van der Waals surface area contributed by atoms with Gasteiger partial charge in [0.2, 0.25) is 0 Å². The smallest absolute Gasteiger partial charge is 0.257 e. The summed E-state index contributed by atoms with van der Waals surface area (Å²) in [5.41, 5.74) is 7.51. The van der Waals surface area contributed by atoms with Crippen molar-refractivity contribution in [2.24, 2.45) is 0 Å². The maximum absolute atomic E-state index is 12.2. The number of anilines is 1. The van der Waals surface area contributed by atoms with E-state index in [2.05, 4.69) is 4.98 Å². The Morgan fingerprint density at radius 1 is 1.32 bits per heavy atom. The Morgan fingerprint density at radius 2 is 2.00 bits per heavy atom. The third-order valence-corrected chi connectivity index (χ3v) is 2.78. The van der Waals surface area contributed by atoms with Crippen LogP contribution in [0.1, 0.15) is 15.9 Å². The summed E-state index contributed by atoms with van der Waals surface area (Å²) in [5, 5.41) is 9.61. The second-order valence-corrected chi connectivity index (χ2v) is 4.30. The van der Waals surface area contributed by atoms with Gasteiger partial charge in [-0.1, -0.05) is 12.1 Å². The largest absolute Gasteiger partial charge is 0.505 e. The molecule has 1 aromatic carbocycles. The van der Waals surface area contributed by atoms with Crippen LogP contribution in [-0.4, -0.2) is 27.9 Å². The first-order chi connectivity index (χ1) is 9.08. The Bertz CT molecular complexity index is 581. The number of nitrogens with zero attached hydrogens (tertiary/aromatic N) is 2. The number of hydrogen-bond acceptors (Lipinski definition) is 4. The second kappa shape index (κ2) is 5.39. The average Bonchev–Trinajstić information content (AvgIpc) is 2.41. The van der Waals surface area contributed by atoms with E-state index in [0.717, 1.165) is 5.56 Å². The normalized spacial score (nSPS) is 10.2. The van der Waals surface area contributed by atoms with Crippen LogP contribution < -0.4 is 5.73 Å². The zero-order valence-corrected chi connectivity index (χ0v) is 10.6. The monoisotopic (exact) mass is 257 g/mol. The summed E-state index contributed by atoms with van der Waals surface area (Å²) in [6.45, 7) is 0.445. The molecular weight excluding hydrogens is 242 g/mol. The summed E-state index contributed by atoms with van der Waals surface area (Å²) in [4.78, 5) is 17.4. The van der Waals surface area contributed by atoms with Crippen molar-refractivity contribution in [2.75, 3.05) is 12.8 Å². The van der Waals surface area contributed by atoms with Crippen LogP contribution in [-0.2, 0) is 6.54 Å². The maximum atomic E-state index is 12.2. The first-order valence-corrected chi connectivity index (χ1v) is 5.81. The molecule has 1 heterocycles. The van der Waals surface area contributed by atoms with E-state index in [9.17, 15) is 9.90 Å². The fourth-order valence-electron chi connectivity index (χ4n) is 1.74. The molecule has 98 valence electrons. The molecule has 3 N–H and O–H groups in total. The SMILES string of the molecule is CN(Cc1ccc(N)cc1)C(=O)c1ccncc1O. The molecule has 0 aliphatic heterocycles. The first kappa shape index (κ1) is 12.9. The van der Waals surface area contributed by atoms with Crippen molar-refractivity contribution in [3.8, 4) is 5.75 Å². The molecule has 0 saturated carbocycles. The fourth-order valence-corrected chi connectivity index (χ4v) is 1.74. The zero-order valence-electron chi connectivity index (χ0n) is 10.6. The van der Waals surface area contributed by atoms with Gasteiger partial charge in [0.1, 0.15) is 5.75 Å². The molecule has 0 spiro atoms. The van der Waals surface area contributed by atoms with Gasteiger partial charge in [0.05, 0.1) is 11.8 Å². The highest BCUT2D eigenvalue weighted by molar-refractivity contribution is 5.96. The molecule has 1 amide bonds. The molecule has 5 heteroatoms. The highest BCUT2D eigenvalue weighted by Crippen LogP contribution is 2.17. The van der Waals surface area contributed by atoms with E-state index in [-0.39, 0.29) is 17.2 Å². The van der Waals surface area contributed by atoms with Crippen LogP contribution in [0.25, 0.3) is 0 Å². The number of pyridine rings is 1. The van der Waals surface area contributed by atoms with E-state index in [1.54, 1.807) is 19.2 Å². The van der Waals surface area contributed by atoms with Crippen LogP contribution in [0, 0.1) is 0 Å². The number of carbonyl (C=O) groups excluding carboxylic acids is 1. The van der Waals surface area contributed by atoms with E-state index in [1.807, 2.05) is 12.1 Å². The van der Waals surface area contributed by atoms with Crippen LogP contribution in [0.3, 0.4) is 0 Å². The van der Waals surface area contributed by atoms with Gasteiger partial charge >= 0.3 is 0 Å². The molecule has 5 nitrogen and oxygen atoms in total. The maximum Gasteiger partial charge on any atom is 0.257 e. The number of nitrogen functional groups attached to an aromatic ring is 1. The van der Waals surface area contributed by atoms with Crippen molar-refractivity contribution >= 4 is 11.6 Å². The number of aromatic hydroxyl groups is 1. The minimum absolute atomic E-state index is 0.114. The summed E-state index contributed by atoms with van der Waals surface area (Å²) in [5.74, 6) is -0.367. The minimum atomic E-state index is -0.253. The van der Waals surface area contributed by atoms with Crippen molar-refractivity contribution in [3.63, 3.8) is 0 Å². The number of benzene rings is 1. The topological polar surface area (TPSA) is 79.5 Å². The quantitative estimate of drug-likeness (QED) is 0.819. The molecule has 0 atom stereocenters. The van der Waals surface area contributed by atoms with Crippen molar-refractivity contribution in [1.29, 1.82) is 0 Å². The summed E-state index contributed by atoms with van der Waals surface area (Å²) in [7, 11) is 1.68. The molecule has 2 rings (SSSR count). The highest BCUT2D eigenvalue weighted by atomic mass is 16.3. The first-order valence-electron chi connectivity index (χ1n) is 5.81. The molecule has 1 aromatic heterocycles. The van der Waals surface area contributed by atoms with E-state index >= 15 is 0 Å². The Morgan fingerprint density at radius 3 is 2.63 bits per heavy atom. The molecule has 0 saturated heterocycles. The standard InChI is InChI=1S/C14H15N3O2/c1-17(9-10-2-4-11(15)5-3-10)14(19)12-6-7-16-8-13(12)18/h2-8,18H,9,15H2,1H3.